The summed E-state index contributed by atoms with van der Waals surface area (Å²) in [5, 5.41) is 20.5. The highest BCUT2D eigenvalue weighted by Crippen LogP contribution is 2.21. The Kier molecular flexibility index (Phi) is 6.32. The molecular weight excluding hydrogens is 258 g/mol. The molecule has 106 valence electrons. The molecular formula is C13H23N5S. The number of nitrogens with zero attached hydrogens (tertiary/aromatic N) is 3. The highest BCUT2D eigenvalue weighted by atomic mass is 32.2. The van der Waals surface area contributed by atoms with E-state index >= 15 is 0 Å². The first-order valence-corrected chi connectivity index (χ1v) is 7.70. The third-order valence-electron chi connectivity index (χ3n) is 2.94. The molecule has 1 aromatic heterocycles. The van der Waals surface area contributed by atoms with E-state index < -0.39 is 5.54 Å². The number of rotatable bonds is 8. The van der Waals surface area contributed by atoms with Crippen molar-refractivity contribution in [3.8, 4) is 6.07 Å². The number of thioether (sulfide) groups is 1. The molecule has 0 spiro atoms. The van der Waals surface area contributed by atoms with E-state index in [2.05, 4.69) is 47.3 Å². The molecule has 1 atom stereocenters. The fourth-order valence-electron chi connectivity index (χ4n) is 1.99. The zero-order valence-corrected chi connectivity index (χ0v) is 13.0. The quantitative estimate of drug-likeness (QED) is 0.566. The van der Waals surface area contributed by atoms with Gasteiger partial charge in [0.25, 0.3) is 0 Å². The number of hydrogen-bond donors (Lipinski definition) is 2. The molecule has 0 amide bonds. The second-order valence-electron chi connectivity index (χ2n) is 5.00. The van der Waals surface area contributed by atoms with Gasteiger partial charge in [0.2, 0.25) is 5.16 Å². The van der Waals surface area contributed by atoms with Crippen molar-refractivity contribution in [1.82, 2.24) is 20.5 Å². The van der Waals surface area contributed by atoms with E-state index in [1.165, 1.54) is 0 Å². The zero-order valence-electron chi connectivity index (χ0n) is 12.2. The first-order valence-electron chi connectivity index (χ1n) is 6.72. The number of aromatic nitrogens is 3. The Balaban J connectivity index is 2.38. The van der Waals surface area contributed by atoms with Crippen LogP contribution in [-0.2, 0) is 0 Å². The standard InChI is InChI=1S/C13H23N5S/c1-5-13(9-14,16-10(2)3)7-6-8-19-12-15-11(4)17-18-12/h10,16H,5-8H2,1-4H3,(H,15,17,18). The Labute approximate surface area is 119 Å². The molecule has 0 aromatic carbocycles. The molecule has 0 aliphatic rings. The molecule has 0 aliphatic carbocycles. The Morgan fingerprint density at radius 2 is 2.26 bits per heavy atom. The summed E-state index contributed by atoms with van der Waals surface area (Å²) in [7, 11) is 0. The van der Waals surface area contributed by atoms with Crippen LogP contribution in [0.1, 0.15) is 45.9 Å². The molecule has 5 nitrogen and oxygen atoms in total. The molecule has 0 saturated carbocycles. The zero-order chi connectivity index (χ0) is 14.3. The van der Waals surface area contributed by atoms with Crippen LogP contribution in [0.15, 0.2) is 5.16 Å². The summed E-state index contributed by atoms with van der Waals surface area (Å²) in [4.78, 5) is 4.25. The SMILES string of the molecule is CCC(C#N)(CCCSc1n[nH]c(C)n1)NC(C)C. The Morgan fingerprint density at radius 1 is 1.53 bits per heavy atom. The third-order valence-corrected chi connectivity index (χ3v) is 3.87. The topological polar surface area (TPSA) is 77.4 Å². The number of aromatic amines is 1. The average Bonchev–Trinajstić information content (AvgIpc) is 2.78. The van der Waals surface area contributed by atoms with Crippen molar-refractivity contribution in [2.24, 2.45) is 0 Å². The van der Waals surface area contributed by atoms with Crippen LogP contribution in [-0.4, -0.2) is 32.5 Å². The largest absolute Gasteiger partial charge is 0.297 e. The van der Waals surface area contributed by atoms with E-state index in [-0.39, 0.29) is 0 Å². The van der Waals surface area contributed by atoms with E-state index in [1.54, 1.807) is 11.8 Å². The highest BCUT2D eigenvalue weighted by molar-refractivity contribution is 7.99. The van der Waals surface area contributed by atoms with Crippen LogP contribution in [0.5, 0.6) is 0 Å². The lowest BCUT2D eigenvalue weighted by Crippen LogP contribution is -2.47. The monoisotopic (exact) mass is 281 g/mol. The normalized spacial score (nSPS) is 14.3. The van der Waals surface area contributed by atoms with E-state index in [1.807, 2.05) is 6.92 Å². The summed E-state index contributed by atoms with van der Waals surface area (Å²) < 4.78 is 0. The minimum atomic E-state index is -0.399. The van der Waals surface area contributed by atoms with Gasteiger partial charge in [-0.2, -0.15) is 5.26 Å². The van der Waals surface area contributed by atoms with E-state index in [0.29, 0.717) is 6.04 Å². The maximum absolute atomic E-state index is 9.40. The van der Waals surface area contributed by atoms with Crippen molar-refractivity contribution in [3.63, 3.8) is 0 Å². The lowest BCUT2D eigenvalue weighted by molar-refractivity contribution is 0.341. The van der Waals surface area contributed by atoms with Crippen molar-refractivity contribution in [2.75, 3.05) is 5.75 Å². The molecule has 0 radical (unpaired) electrons. The van der Waals surface area contributed by atoms with Gasteiger partial charge in [0.15, 0.2) is 0 Å². The molecule has 6 heteroatoms. The van der Waals surface area contributed by atoms with Crippen molar-refractivity contribution < 1.29 is 0 Å². The van der Waals surface area contributed by atoms with Crippen LogP contribution in [0, 0.1) is 18.3 Å². The second kappa shape index (κ2) is 7.51. The molecule has 1 aromatic rings. The Hall–Kier alpha value is -1.06. The van der Waals surface area contributed by atoms with Crippen molar-refractivity contribution >= 4 is 11.8 Å². The van der Waals surface area contributed by atoms with Crippen LogP contribution in [0.4, 0.5) is 0 Å². The van der Waals surface area contributed by atoms with Crippen LogP contribution in [0.2, 0.25) is 0 Å². The predicted octanol–water partition coefficient (Wildman–Crippen LogP) is 2.66. The second-order valence-corrected chi connectivity index (χ2v) is 6.06. The van der Waals surface area contributed by atoms with E-state index in [0.717, 1.165) is 36.0 Å². The number of H-pyrrole nitrogens is 1. The molecule has 0 saturated heterocycles. The number of nitrogens with one attached hydrogen (secondary N) is 2. The highest BCUT2D eigenvalue weighted by Gasteiger charge is 2.27. The van der Waals surface area contributed by atoms with Gasteiger partial charge in [0.05, 0.1) is 6.07 Å². The molecule has 2 N–H and O–H groups in total. The van der Waals surface area contributed by atoms with Gasteiger partial charge in [0, 0.05) is 11.8 Å². The number of nitriles is 1. The smallest absolute Gasteiger partial charge is 0.208 e. The molecule has 0 bridgehead atoms. The van der Waals surface area contributed by atoms with Crippen LogP contribution < -0.4 is 5.32 Å². The van der Waals surface area contributed by atoms with Gasteiger partial charge in [-0.15, -0.1) is 5.10 Å². The first-order chi connectivity index (χ1) is 9.01. The minimum Gasteiger partial charge on any atom is -0.297 e. The number of aryl methyl sites for hydroxylation is 1. The molecule has 1 unspecified atom stereocenters. The molecule has 1 heterocycles. The van der Waals surface area contributed by atoms with Crippen molar-refractivity contribution in [2.45, 2.75) is 63.7 Å². The molecule has 0 fully saturated rings. The fraction of sp³-hybridized carbons (Fsp3) is 0.769. The summed E-state index contributed by atoms with van der Waals surface area (Å²) in [6.07, 6.45) is 2.65. The summed E-state index contributed by atoms with van der Waals surface area (Å²) >= 11 is 1.63. The lowest BCUT2D eigenvalue weighted by atomic mass is 9.91. The minimum absolute atomic E-state index is 0.322. The number of hydrogen-bond acceptors (Lipinski definition) is 5. The maximum atomic E-state index is 9.40. The summed E-state index contributed by atoms with van der Waals surface area (Å²) in [5.41, 5.74) is -0.399. The molecule has 19 heavy (non-hydrogen) atoms. The summed E-state index contributed by atoms with van der Waals surface area (Å²) in [5.74, 6) is 1.77. The van der Waals surface area contributed by atoms with Gasteiger partial charge < -0.3 is 0 Å². The van der Waals surface area contributed by atoms with Gasteiger partial charge in [-0.05, 0) is 40.0 Å². The summed E-state index contributed by atoms with van der Waals surface area (Å²) in [6.45, 7) is 8.10. The first kappa shape index (κ1) is 16.0. The third kappa shape index (κ3) is 5.21. The average molecular weight is 281 g/mol. The van der Waals surface area contributed by atoms with Crippen LogP contribution >= 0.6 is 11.8 Å². The van der Waals surface area contributed by atoms with Gasteiger partial charge in [0.1, 0.15) is 11.4 Å². The van der Waals surface area contributed by atoms with Gasteiger partial charge in [-0.3, -0.25) is 10.4 Å². The molecule has 1 rings (SSSR count). The van der Waals surface area contributed by atoms with Crippen molar-refractivity contribution in [1.29, 1.82) is 5.26 Å². The van der Waals surface area contributed by atoms with E-state index in [4.69, 9.17) is 0 Å². The van der Waals surface area contributed by atoms with Crippen molar-refractivity contribution in [3.05, 3.63) is 5.82 Å². The van der Waals surface area contributed by atoms with Gasteiger partial charge >= 0.3 is 0 Å². The fourth-order valence-corrected chi connectivity index (χ4v) is 2.78. The molecule has 0 aliphatic heterocycles. The maximum Gasteiger partial charge on any atom is 0.208 e. The Morgan fingerprint density at radius 3 is 2.74 bits per heavy atom. The van der Waals surface area contributed by atoms with Crippen LogP contribution in [0.25, 0.3) is 0 Å². The Bertz CT molecular complexity index is 423. The van der Waals surface area contributed by atoms with E-state index in [9.17, 15) is 5.26 Å². The van der Waals surface area contributed by atoms with Gasteiger partial charge in [-0.1, -0.05) is 18.7 Å². The van der Waals surface area contributed by atoms with Crippen LogP contribution in [0.3, 0.4) is 0 Å². The lowest BCUT2D eigenvalue weighted by Gasteiger charge is -2.28. The predicted molar refractivity (Wildman–Crippen MR) is 78.0 cm³/mol. The van der Waals surface area contributed by atoms with Gasteiger partial charge in [-0.25, -0.2) is 4.98 Å². The summed E-state index contributed by atoms with van der Waals surface area (Å²) in [6, 6.07) is 2.76.